The summed E-state index contributed by atoms with van der Waals surface area (Å²) in [5.74, 6) is 0.636. The smallest absolute Gasteiger partial charge is 0.124 e. The highest BCUT2D eigenvalue weighted by Gasteiger charge is 2.05. The Hall–Kier alpha value is -0.670. The number of rotatable bonds is 3. The Morgan fingerprint density at radius 2 is 2.00 bits per heavy atom. The zero-order valence-corrected chi connectivity index (χ0v) is 11.8. The van der Waals surface area contributed by atoms with Crippen LogP contribution in [0, 0.1) is 0 Å². The fraction of sp³-hybridized carbons (Fsp3) is 0.308. The molecule has 1 unspecified atom stereocenters. The Bertz CT molecular complexity index is 461. The van der Waals surface area contributed by atoms with Crippen LogP contribution < -0.4 is 0 Å². The van der Waals surface area contributed by atoms with Gasteiger partial charge in [-0.2, -0.15) is 0 Å². The molecule has 2 rings (SSSR count). The molecule has 16 heavy (non-hydrogen) atoms. The van der Waals surface area contributed by atoms with E-state index in [0.717, 1.165) is 9.61 Å². The summed E-state index contributed by atoms with van der Waals surface area (Å²) < 4.78 is 0.915. The number of hydrogen-bond donors (Lipinski definition) is 0. The molecule has 2 aromatic rings. The van der Waals surface area contributed by atoms with Gasteiger partial charge in [0.2, 0.25) is 0 Å². The van der Waals surface area contributed by atoms with Crippen LogP contribution in [0.15, 0.2) is 34.2 Å². The average Bonchev–Trinajstić information content (AvgIpc) is 2.75. The molecule has 84 valence electrons. The molecule has 0 N–H and O–H groups in total. The van der Waals surface area contributed by atoms with Gasteiger partial charge in [-0.3, -0.25) is 0 Å². The van der Waals surface area contributed by atoms with Gasteiger partial charge in [0.25, 0.3) is 0 Å². The second-order valence-electron chi connectivity index (χ2n) is 3.91. The SMILES string of the molecule is CCC(C)c1ccc(-c2nc(Br)cs2)cc1. The van der Waals surface area contributed by atoms with E-state index in [0.29, 0.717) is 5.92 Å². The molecule has 0 saturated heterocycles. The third kappa shape index (κ3) is 2.53. The van der Waals surface area contributed by atoms with Gasteiger partial charge in [-0.1, -0.05) is 38.1 Å². The zero-order chi connectivity index (χ0) is 11.5. The molecule has 0 fully saturated rings. The Balaban J connectivity index is 2.25. The molecule has 1 atom stereocenters. The predicted octanol–water partition coefficient (Wildman–Crippen LogP) is 5.09. The zero-order valence-electron chi connectivity index (χ0n) is 9.40. The monoisotopic (exact) mass is 295 g/mol. The van der Waals surface area contributed by atoms with E-state index in [4.69, 9.17) is 0 Å². The normalized spacial score (nSPS) is 12.7. The van der Waals surface area contributed by atoms with Gasteiger partial charge < -0.3 is 0 Å². The first-order valence-electron chi connectivity index (χ1n) is 5.42. The van der Waals surface area contributed by atoms with Gasteiger partial charge in [0, 0.05) is 10.9 Å². The van der Waals surface area contributed by atoms with E-state index in [9.17, 15) is 0 Å². The molecule has 0 spiro atoms. The maximum atomic E-state index is 4.41. The molecule has 1 aromatic heterocycles. The maximum absolute atomic E-state index is 4.41. The first kappa shape index (κ1) is 11.8. The van der Waals surface area contributed by atoms with E-state index in [1.165, 1.54) is 17.5 Å². The Morgan fingerprint density at radius 1 is 1.31 bits per heavy atom. The highest BCUT2D eigenvalue weighted by atomic mass is 79.9. The number of nitrogens with zero attached hydrogens (tertiary/aromatic N) is 1. The summed E-state index contributed by atoms with van der Waals surface area (Å²) in [6.45, 7) is 4.48. The van der Waals surface area contributed by atoms with Crippen molar-refractivity contribution < 1.29 is 0 Å². The van der Waals surface area contributed by atoms with Gasteiger partial charge in [0.1, 0.15) is 9.61 Å². The molecule has 1 heterocycles. The lowest BCUT2D eigenvalue weighted by molar-refractivity contribution is 0.734. The van der Waals surface area contributed by atoms with Crippen molar-refractivity contribution in [2.75, 3.05) is 0 Å². The van der Waals surface area contributed by atoms with E-state index < -0.39 is 0 Å². The molecule has 1 nitrogen and oxygen atoms in total. The van der Waals surface area contributed by atoms with Crippen LogP contribution >= 0.6 is 27.3 Å². The Morgan fingerprint density at radius 3 is 2.50 bits per heavy atom. The van der Waals surface area contributed by atoms with Gasteiger partial charge in [-0.25, -0.2) is 4.98 Å². The summed E-state index contributed by atoms with van der Waals surface area (Å²) in [4.78, 5) is 4.41. The van der Waals surface area contributed by atoms with E-state index in [1.54, 1.807) is 11.3 Å². The summed E-state index contributed by atoms with van der Waals surface area (Å²) in [5.41, 5.74) is 2.60. The van der Waals surface area contributed by atoms with Crippen molar-refractivity contribution in [1.82, 2.24) is 4.98 Å². The Kier molecular flexibility index (Phi) is 3.77. The molecule has 0 bridgehead atoms. The van der Waals surface area contributed by atoms with Crippen LogP contribution in [0.1, 0.15) is 31.7 Å². The maximum Gasteiger partial charge on any atom is 0.124 e. The van der Waals surface area contributed by atoms with E-state index >= 15 is 0 Å². The number of thiazole rings is 1. The summed E-state index contributed by atoms with van der Waals surface area (Å²) in [6.07, 6.45) is 1.18. The third-order valence-electron chi connectivity index (χ3n) is 2.82. The molecule has 0 radical (unpaired) electrons. The summed E-state index contributed by atoms with van der Waals surface area (Å²) in [5, 5.41) is 3.08. The average molecular weight is 296 g/mol. The van der Waals surface area contributed by atoms with Crippen molar-refractivity contribution in [2.24, 2.45) is 0 Å². The molecule has 3 heteroatoms. The van der Waals surface area contributed by atoms with Crippen molar-refractivity contribution in [3.8, 4) is 10.6 Å². The number of benzene rings is 1. The summed E-state index contributed by atoms with van der Waals surface area (Å²) >= 11 is 5.04. The molecule has 0 aliphatic heterocycles. The van der Waals surface area contributed by atoms with Crippen molar-refractivity contribution in [3.63, 3.8) is 0 Å². The van der Waals surface area contributed by atoms with E-state index in [-0.39, 0.29) is 0 Å². The fourth-order valence-electron chi connectivity index (χ4n) is 1.58. The fourth-order valence-corrected chi connectivity index (χ4v) is 2.84. The minimum atomic E-state index is 0.636. The number of aromatic nitrogens is 1. The minimum absolute atomic E-state index is 0.636. The number of hydrogen-bond acceptors (Lipinski definition) is 2. The van der Waals surface area contributed by atoms with Crippen molar-refractivity contribution >= 4 is 27.3 Å². The topological polar surface area (TPSA) is 12.9 Å². The van der Waals surface area contributed by atoms with Crippen LogP contribution in [0.4, 0.5) is 0 Å². The van der Waals surface area contributed by atoms with Gasteiger partial charge in [0.05, 0.1) is 0 Å². The van der Waals surface area contributed by atoms with Gasteiger partial charge in [0.15, 0.2) is 0 Å². The quantitative estimate of drug-likeness (QED) is 0.769. The van der Waals surface area contributed by atoms with E-state index in [1.807, 2.05) is 5.38 Å². The number of halogens is 1. The van der Waals surface area contributed by atoms with Crippen LogP contribution in [0.25, 0.3) is 10.6 Å². The van der Waals surface area contributed by atoms with Crippen LogP contribution in [-0.2, 0) is 0 Å². The molecule has 1 aromatic carbocycles. The highest BCUT2D eigenvalue weighted by molar-refractivity contribution is 9.10. The first-order valence-corrected chi connectivity index (χ1v) is 7.09. The summed E-state index contributed by atoms with van der Waals surface area (Å²) in [6, 6.07) is 8.73. The highest BCUT2D eigenvalue weighted by Crippen LogP contribution is 2.27. The molecule has 0 aliphatic rings. The van der Waals surface area contributed by atoms with Crippen LogP contribution in [0.2, 0.25) is 0 Å². The lowest BCUT2D eigenvalue weighted by Gasteiger charge is -2.08. The van der Waals surface area contributed by atoms with Gasteiger partial charge >= 0.3 is 0 Å². The first-order chi connectivity index (χ1) is 7.70. The summed E-state index contributed by atoms with van der Waals surface area (Å²) in [7, 11) is 0. The lowest BCUT2D eigenvalue weighted by atomic mass is 9.98. The van der Waals surface area contributed by atoms with E-state index in [2.05, 4.69) is 59.0 Å². The van der Waals surface area contributed by atoms with Crippen molar-refractivity contribution in [2.45, 2.75) is 26.2 Å². The molecule has 0 saturated carbocycles. The molecular formula is C13H14BrNS. The largest absolute Gasteiger partial charge is 0.229 e. The van der Waals surface area contributed by atoms with Crippen molar-refractivity contribution in [1.29, 1.82) is 0 Å². The Labute approximate surface area is 109 Å². The van der Waals surface area contributed by atoms with Gasteiger partial charge in [-0.15, -0.1) is 11.3 Å². The molecule has 0 amide bonds. The molecule has 0 aliphatic carbocycles. The minimum Gasteiger partial charge on any atom is -0.229 e. The molecular weight excluding hydrogens is 282 g/mol. The van der Waals surface area contributed by atoms with Crippen molar-refractivity contribution in [3.05, 3.63) is 39.8 Å². The second kappa shape index (κ2) is 5.11. The van der Waals surface area contributed by atoms with Crippen LogP contribution in [-0.4, -0.2) is 4.98 Å². The lowest BCUT2D eigenvalue weighted by Crippen LogP contribution is -1.90. The second-order valence-corrected chi connectivity index (χ2v) is 5.58. The van der Waals surface area contributed by atoms with Crippen LogP contribution in [0.3, 0.4) is 0 Å². The van der Waals surface area contributed by atoms with Crippen LogP contribution in [0.5, 0.6) is 0 Å². The predicted molar refractivity (Wildman–Crippen MR) is 74.0 cm³/mol. The van der Waals surface area contributed by atoms with Gasteiger partial charge in [-0.05, 0) is 33.8 Å². The third-order valence-corrected chi connectivity index (χ3v) is 4.42. The standard InChI is InChI=1S/C13H14BrNS/c1-3-9(2)10-4-6-11(7-5-10)13-15-12(14)8-16-13/h4-9H,3H2,1-2H3.